The quantitative estimate of drug-likeness (QED) is 0.866. The van der Waals surface area contributed by atoms with Gasteiger partial charge >= 0.3 is 0 Å². The van der Waals surface area contributed by atoms with E-state index >= 15 is 0 Å². The van der Waals surface area contributed by atoms with E-state index in [4.69, 9.17) is 0 Å². The first-order valence-corrected chi connectivity index (χ1v) is 9.56. The summed E-state index contributed by atoms with van der Waals surface area (Å²) >= 11 is 0. The van der Waals surface area contributed by atoms with E-state index < -0.39 is 0 Å². The second-order valence-electron chi connectivity index (χ2n) is 7.94. The van der Waals surface area contributed by atoms with Gasteiger partial charge < -0.3 is 15.5 Å². The lowest BCUT2D eigenvalue weighted by Gasteiger charge is -2.32. The number of hydrogen-bond acceptors (Lipinski definition) is 3. The van der Waals surface area contributed by atoms with Crippen molar-refractivity contribution in [3.8, 4) is 0 Å². The van der Waals surface area contributed by atoms with Crippen molar-refractivity contribution in [1.82, 2.24) is 5.32 Å². The molecule has 3 fully saturated rings. The van der Waals surface area contributed by atoms with E-state index in [9.17, 15) is 9.59 Å². The molecule has 5 heteroatoms. The van der Waals surface area contributed by atoms with E-state index in [1.165, 1.54) is 18.5 Å². The fourth-order valence-corrected chi connectivity index (χ4v) is 3.57. The van der Waals surface area contributed by atoms with Crippen LogP contribution in [0.4, 0.5) is 11.4 Å². The predicted molar refractivity (Wildman–Crippen MR) is 98.4 cm³/mol. The number of amides is 2. The highest BCUT2D eigenvalue weighted by Crippen LogP contribution is 2.40. The minimum absolute atomic E-state index is 0.0319. The lowest BCUT2D eigenvalue weighted by atomic mass is 9.99. The Labute approximate surface area is 149 Å². The van der Waals surface area contributed by atoms with Gasteiger partial charge in [-0.15, -0.1) is 0 Å². The Bertz CT molecular complexity index is 645. The number of rotatable bonds is 5. The Morgan fingerprint density at radius 1 is 0.960 bits per heavy atom. The van der Waals surface area contributed by atoms with Crippen LogP contribution in [0.5, 0.6) is 0 Å². The Morgan fingerprint density at radius 3 is 2.24 bits per heavy atom. The second-order valence-corrected chi connectivity index (χ2v) is 7.94. The fourth-order valence-electron chi connectivity index (χ4n) is 3.57. The molecule has 0 aromatic heterocycles. The molecule has 2 N–H and O–H groups in total. The summed E-state index contributed by atoms with van der Waals surface area (Å²) in [6.07, 6.45) is 5.32. The van der Waals surface area contributed by atoms with E-state index in [0.717, 1.165) is 37.5 Å². The molecule has 1 aromatic rings. The van der Waals surface area contributed by atoms with Crippen LogP contribution in [0.2, 0.25) is 0 Å². The molecule has 0 bridgehead atoms. The lowest BCUT2D eigenvalue weighted by Crippen LogP contribution is -2.32. The van der Waals surface area contributed by atoms with Crippen molar-refractivity contribution < 1.29 is 9.59 Å². The van der Waals surface area contributed by atoms with Crippen LogP contribution in [0.25, 0.3) is 0 Å². The fraction of sp³-hybridized carbons (Fsp3) is 0.600. The number of hydrogen-bond donors (Lipinski definition) is 2. The smallest absolute Gasteiger partial charge is 0.228 e. The van der Waals surface area contributed by atoms with E-state index in [1.54, 1.807) is 0 Å². The summed E-state index contributed by atoms with van der Waals surface area (Å²) < 4.78 is 0. The van der Waals surface area contributed by atoms with Gasteiger partial charge in [-0.05, 0) is 62.3 Å². The van der Waals surface area contributed by atoms with Crippen LogP contribution in [0.1, 0.15) is 39.0 Å². The maximum absolute atomic E-state index is 12.3. The molecule has 2 unspecified atom stereocenters. The van der Waals surface area contributed by atoms with Crippen LogP contribution < -0.4 is 15.5 Å². The molecule has 1 heterocycles. The molecular weight excluding hydrogens is 314 g/mol. The van der Waals surface area contributed by atoms with E-state index in [0.29, 0.717) is 12.5 Å². The molecule has 2 saturated carbocycles. The minimum Gasteiger partial charge on any atom is -0.372 e. The van der Waals surface area contributed by atoms with Gasteiger partial charge in [0.15, 0.2) is 0 Å². The third-order valence-electron chi connectivity index (χ3n) is 5.67. The third-order valence-corrected chi connectivity index (χ3v) is 5.67. The maximum atomic E-state index is 12.3. The molecular formula is C20H27N3O2. The van der Waals surface area contributed by atoms with Gasteiger partial charge in [-0.2, -0.15) is 0 Å². The number of anilines is 2. The van der Waals surface area contributed by atoms with Crippen LogP contribution in [0.3, 0.4) is 0 Å². The van der Waals surface area contributed by atoms with Gasteiger partial charge in [0.1, 0.15) is 0 Å². The van der Waals surface area contributed by atoms with Crippen LogP contribution in [-0.2, 0) is 9.59 Å². The molecule has 1 saturated heterocycles. The number of benzene rings is 1. The van der Waals surface area contributed by atoms with E-state index in [2.05, 4.69) is 34.6 Å². The molecule has 4 rings (SSSR count). The Morgan fingerprint density at radius 2 is 1.60 bits per heavy atom. The standard InChI is InChI=1S/C20H27N3O2/c1-13-8-10-23(11-9-13)16-6-4-15(5-7-16)22-20(25)18-12-17(18)19(24)21-14-2-3-14/h4-7,13-14,17-18H,2-3,8-12H2,1H3,(H,21,24)(H,22,25). The molecule has 3 aliphatic rings. The summed E-state index contributed by atoms with van der Waals surface area (Å²) in [5.74, 6) is 0.545. The first kappa shape index (κ1) is 16.4. The topological polar surface area (TPSA) is 61.4 Å². The molecule has 1 aliphatic heterocycles. The second kappa shape index (κ2) is 6.70. The average Bonchev–Trinajstić information content (AvgIpc) is 3.50. The van der Waals surface area contributed by atoms with Gasteiger partial charge in [-0.3, -0.25) is 9.59 Å². The van der Waals surface area contributed by atoms with E-state index in [1.807, 2.05) is 12.1 Å². The molecule has 2 aliphatic carbocycles. The van der Waals surface area contributed by atoms with Crippen molar-refractivity contribution in [2.24, 2.45) is 17.8 Å². The molecule has 2 amide bonds. The monoisotopic (exact) mass is 341 g/mol. The third kappa shape index (κ3) is 3.97. The maximum Gasteiger partial charge on any atom is 0.228 e. The van der Waals surface area contributed by atoms with Gasteiger partial charge in [0, 0.05) is 30.5 Å². The van der Waals surface area contributed by atoms with Crippen LogP contribution in [0, 0.1) is 17.8 Å². The van der Waals surface area contributed by atoms with Crippen LogP contribution in [0.15, 0.2) is 24.3 Å². The zero-order valence-corrected chi connectivity index (χ0v) is 14.8. The van der Waals surface area contributed by atoms with Crippen LogP contribution in [-0.4, -0.2) is 30.9 Å². The molecule has 134 valence electrons. The number of nitrogens with zero attached hydrogens (tertiary/aromatic N) is 1. The van der Waals surface area contributed by atoms with Crippen molar-refractivity contribution in [3.63, 3.8) is 0 Å². The largest absolute Gasteiger partial charge is 0.372 e. The lowest BCUT2D eigenvalue weighted by molar-refractivity contribution is -0.125. The first-order valence-electron chi connectivity index (χ1n) is 9.56. The normalized spacial score (nSPS) is 26.2. The molecule has 5 nitrogen and oxygen atoms in total. The molecule has 2 atom stereocenters. The molecule has 1 aromatic carbocycles. The summed E-state index contributed by atoms with van der Waals surface area (Å²) in [6.45, 7) is 4.52. The van der Waals surface area contributed by atoms with Crippen molar-refractivity contribution in [1.29, 1.82) is 0 Å². The van der Waals surface area contributed by atoms with Crippen LogP contribution >= 0.6 is 0 Å². The van der Waals surface area contributed by atoms with E-state index in [-0.39, 0.29) is 23.7 Å². The Hall–Kier alpha value is -2.04. The highest BCUT2D eigenvalue weighted by molar-refractivity contribution is 5.99. The van der Waals surface area contributed by atoms with Crippen molar-refractivity contribution in [2.75, 3.05) is 23.3 Å². The van der Waals surface area contributed by atoms with Crippen molar-refractivity contribution >= 4 is 23.2 Å². The average molecular weight is 341 g/mol. The zero-order chi connectivity index (χ0) is 17.4. The highest BCUT2D eigenvalue weighted by Gasteiger charge is 2.48. The van der Waals surface area contributed by atoms with Crippen molar-refractivity contribution in [3.05, 3.63) is 24.3 Å². The van der Waals surface area contributed by atoms with Crippen molar-refractivity contribution in [2.45, 2.75) is 45.1 Å². The number of carbonyl (C=O) groups is 2. The Balaban J connectivity index is 1.28. The summed E-state index contributed by atoms with van der Waals surface area (Å²) in [5.41, 5.74) is 2.03. The van der Waals surface area contributed by atoms with Gasteiger partial charge in [0.2, 0.25) is 11.8 Å². The molecule has 25 heavy (non-hydrogen) atoms. The summed E-state index contributed by atoms with van der Waals surface area (Å²) in [7, 11) is 0. The molecule has 0 radical (unpaired) electrons. The predicted octanol–water partition coefficient (Wildman–Crippen LogP) is 2.78. The first-order chi connectivity index (χ1) is 12.1. The summed E-state index contributed by atoms with van der Waals surface area (Å²) in [6, 6.07) is 8.45. The van der Waals surface area contributed by atoms with Gasteiger partial charge in [-0.1, -0.05) is 6.92 Å². The zero-order valence-electron chi connectivity index (χ0n) is 14.8. The number of nitrogens with one attached hydrogen (secondary N) is 2. The highest BCUT2D eigenvalue weighted by atomic mass is 16.2. The van der Waals surface area contributed by atoms with Gasteiger partial charge in [0.25, 0.3) is 0 Å². The number of piperidine rings is 1. The van der Waals surface area contributed by atoms with Gasteiger partial charge in [-0.25, -0.2) is 0 Å². The SMILES string of the molecule is CC1CCN(c2ccc(NC(=O)C3CC3C(=O)NC3CC3)cc2)CC1. The summed E-state index contributed by atoms with van der Waals surface area (Å²) in [4.78, 5) is 26.7. The Kier molecular flexibility index (Phi) is 4.40. The summed E-state index contributed by atoms with van der Waals surface area (Å²) in [5, 5.41) is 5.94. The molecule has 0 spiro atoms. The van der Waals surface area contributed by atoms with Gasteiger partial charge in [0.05, 0.1) is 11.8 Å². The minimum atomic E-state index is -0.165. The number of carbonyl (C=O) groups excluding carboxylic acids is 2.